The van der Waals surface area contributed by atoms with Gasteiger partial charge in [-0.25, -0.2) is 8.42 Å². The van der Waals surface area contributed by atoms with E-state index in [9.17, 15) is 8.42 Å². The first kappa shape index (κ1) is 19.7. The number of ether oxygens (including phenoxy) is 1. The van der Waals surface area contributed by atoms with E-state index < -0.39 is 10.0 Å². The maximum atomic E-state index is 12.7. The molecule has 0 aromatic heterocycles. The molecule has 1 aliphatic rings. The maximum absolute atomic E-state index is 12.7. The SMILES string of the molecule is Cc1cccc(Oc2ccc(S(=O)(=O)N3CCCNCC3)cc2)c1.Cl. The van der Waals surface area contributed by atoms with Gasteiger partial charge in [-0.15, -0.1) is 12.4 Å². The van der Waals surface area contributed by atoms with Crippen LogP contribution in [0.2, 0.25) is 0 Å². The van der Waals surface area contributed by atoms with Crippen LogP contribution in [-0.4, -0.2) is 38.9 Å². The van der Waals surface area contributed by atoms with Crippen LogP contribution >= 0.6 is 12.4 Å². The Morgan fingerprint density at radius 3 is 2.48 bits per heavy atom. The van der Waals surface area contributed by atoms with Crippen LogP contribution in [0.1, 0.15) is 12.0 Å². The number of hydrogen-bond acceptors (Lipinski definition) is 4. The minimum atomic E-state index is -3.44. The van der Waals surface area contributed by atoms with Gasteiger partial charge in [0.05, 0.1) is 4.90 Å². The predicted molar refractivity (Wildman–Crippen MR) is 101 cm³/mol. The molecule has 1 aliphatic heterocycles. The van der Waals surface area contributed by atoms with Crippen LogP contribution in [0.4, 0.5) is 0 Å². The molecule has 0 radical (unpaired) electrons. The molecule has 2 aromatic rings. The summed E-state index contributed by atoms with van der Waals surface area (Å²) in [4.78, 5) is 0.306. The second kappa shape index (κ2) is 8.67. The van der Waals surface area contributed by atoms with Crippen molar-refractivity contribution in [1.29, 1.82) is 0 Å². The van der Waals surface area contributed by atoms with Crippen molar-refractivity contribution in [2.45, 2.75) is 18.2 Å². The Hall–Kier alpha value is -1.60. The van der Waals surface area contributed by atoms with Crippen LogP contribution < -0.4 is 10.1 Å². The molecule has 1 N–H and O–H groups in total. The Morgan fingerprint density at radius 1 is 1.00 bits per heavy atom. The average Bonchev–Trinajstić information content (AvgIpc) is 2.85. The smallest absolute Gasteiger partial charge is 0.243 e. The summed E-state index contributed by atoms with van der Waals surface area (Å²) in [5.74, 6) is 1.36. The van der Waals surface area contributed by atoms with Crippen molar-refractivity contribution in [2.24, 2.45) is 0 Å². The van der Waals surface area contributed by atoms with Crippen LogP contribution in [0.15, 0.2) is 53.4 Å². The van der Waals surface area contributed by atoms with Crippen LogP contribution in [-0.2, 0) is 10.0 Å². The number of rotatable bonds is 4. The molecule has 5 nitrogen and oxygen atoms in total. The third-order valence-electron chi connectivity index (χ3n) is 3.99. The molecular weight excluding hydrogens is 360 g/mol. The molecule has 3 rings (SSSR count). The van der Waals surface area contributed by atoms with Crippen LogP contribution in [0.25, 0.3) is 0 Å². The summed E-state index contributed by atoms with van der Waals surface area (Å²) < 4.78 is 32.7. The van der Waals surface area contributed by atoms with Gasteiger partial charge in [0.2, 0.25) is 10.0 Å². The highest BCUT2D eigenvalue weighted by molar-refractivity contribution is 7.89. The molecule has 25 heavy (non-hydrogen) atoms. The van der Waals surface area contributed by atoms with Crippen molar-refractivity contribution in [3.63, 3.8) is 0 Å². The van der Waals surface area contributed by atoms with E-state index in [1.165, 1.54) is 0 Å². The van der Waals surface area contributed by atoms with Crippen LogP contribution in [0.3, 0.4) is 0 Å². The molecule has 0 aliphatic carbocycles. The van der Waals surface area contributed by atoms with Gasteiger partial charge in [0.25, 0.3) is 0 Å². The fourth-order valence-corrected chi connectivity index (χ4v) is 4.18. The van der Waals surface area contributed by atoms with E-state index in [4.69, 9.17) is 4.74 Å². The third kappa shape index (κ3) is 4.95. The zero-order valence-electron chi connectivity index (χ0n) is 14.1. The molecule has 1 heterocycles. The fraction of sp³-hybridized carbons (Fsp3) is 0.333. The molecule has 1 saturated heterocycles. The van der Waals surface area contributed by atoms with E-state index >= 15 is 0 Å². The molecule has 2 aromatic carbocycles. The minimum absolute atomic E-state index is 0. The Labute approximate surface area is 155 Å². The van der Waals surface area contributed by atoms with Gasteiger partial charge in [0.1, 0.15) is 11.5 Å². The maximum Gasteiger partial charge on any atom is 0.243 e. The van der Waals surface area contributed by atoms with Gasteiger partial charge >= 0.3 is 0 Å². The van der Waals surface area contributed by atoms with E-state index in [2.05, 4.69) is 5.32 Å². The first-order chi connectivity index (χ1) is 11.6. The highest BCUT2D eigenvalue weighted by atomic mass is 35.5. The normalized spacial score (nSPS) is 15.9. The van der Waals surface area contributed by atoms with Gasteiger partial charge in [0, 0.05) is 19.6 Å². The molecule has 0 atom stereocenters. The average molecular weight is 383 g/mol. The first-order valence-corrected chi connectivity index (χ1v) is 9.55. The lowest BCUT2D eigenvalue weighted by Crippen LogP contribution is -2.34. The molecule has 0 unspecified atom stereocenters. The fourth-order valence-electron chi connectivity index (χ4n) is 2.70. The summed E-state index contributed by atoms with van der Waals surface area (Å²) in [6.45, 7) is 4.60. The van der Waals surface area contributed by atoms with Gasteiger partial charge < -0.3 is 10.1 Å². The van der Waals surface area contributed by atoms with E-state index in [1.54, 1.807) is 28.6 Å². The van der Waals surface area contributed by atoms with Gasteiger partial charge in [-0.1, -0.05) is 12.1 Å². The highest BCUT2D eigenvalue weighted by Crippen LogP contribution is 2.25. The van der Waals surface area contributed by atoms with Crippen molar-refractivity contribution >= 4 is 22.4 Å². The third-order valence-corrected chi connectivity index (χ3v) is 5.90. The van der Waals surface area contributed by atoms with Crippen molar-refractivity contribution < 1.29 is 13.2 Å². The number of nitrogens with one attached hydrogen (secondary N) is 1. The Kier molecular flexibility index (Phi) is 6.84. The molecular formula is C18H23ClN2O3S. The largest absolute Gasteiger partial charge is 0.457 e. The van der Waals surface area contributed by atoms with Crippen LogP contribution in [0, 0.1) is 6.92 Å². The summed E-state index contributed by atoms with van der Waals surface area (Å²) >= 11 is 0. The zero-order chi connectivity index (χ0) is 17.0. The summed E-state index contributed by atoms with van der Waals surface area (Å²) in [5, 5.41) is 3.22. The Bertz CT molecular complexity index is 786. The lowest BCUT2D eigenvalue weighted by atomic mass is 10.2. The number of halogens is 1. The summed E-state index contributed by atoms with van der Waals surface area (Å²) in [6.07, 6.45) is 0.827. The second-order valence-corrected chi connectivity index (χ2v) is 7.84. The van der Waals surface area contributed by atoms with Gasteiger partial charge in [-0.2, -0.15) is 4.31 Å². The molecule has 0 spiro atoms. The predicted octanol–water partition coefficient (Wildman–Crippen LogP) is 3.19. The summed E-state index contributed by atoms with van der Waals surface area (Å²) in [5.41, 5.74) is 1.11. The standard InChI is InChI=1S/C18H22N2O3S.ClH/c1-15-4-2-5-17(14-15)23-16-6-8-18(9-7-16)24(21,22)20-12-3-10-19-11-13-20;/h2,4-9,14,19H,3,10-13H2,1H3;1H. The van der Waals surface area contributed by atoms with Crippen LogP contribution in [0.5, 0.6) is 11.5 Å². The lowest BCUT2D eigenvalue weighted by Gasteiger charge is -2.19. The molecule has 0 amide bonds. The number of sulfonamides is 1. The molecule has 0 bridgehead atoms. The first-order valence-electron chi connectivity index (χ1n) is 8.11. The Morgan fingerprint density at radius 2 is 1.76 bits per heavy atom. The number of aryl methyl sites for hydroxylation is 1. The molecule has 0 saturated carbocycles. The van der Waals surface area contributed by atoms with Crippen molar-refractivity contribution in [1.82, 2.24) is 9.62 Å². The van der Waals surface area contributed by atoms with E-state index in [-0.39, 0.29) is 12.4 Å². The number of benzene rings is 2. The highest BCUT2D eigenvalue weighted by Gasteiger charge is 2.24. The monoisotopic (exact) mass is 382 g/mol. The molecule has 136 valence electrons. The van der Waals surface area contributed by atoms with E-state index in [0.717, 1.165) is 24.3 Å². The Balaban J connectivity index is 0.00000225. The number of hydrogen-bond donors (Lipinski definition) is 1. The minimum Gasteiger partial charge on any atom is -0.457 e. The van der Waals surface area contributed by atoms with Gasteiger partial charge in [0.15, 0.2) is 0 Å². The van der Waals surface area contributed by atoms with E-state index in [1.807, 2.05) is 31.2 Å². The van der Waals surface area contributed by atoms with Gasteiger partial charge in [-0.05, 0) is 61.9 Å². The summed E-state index contributed by atoms with van der Waals surface area (Å²) in [7, 11) is -3.44. The van der Waals surface area contributed by atoms with Crippen molar-refractivity contribution in [2.75, 3.05) is 26.2 Å². The quantitative estimate of drug-likeness (QED) is 0.882. The topological polar surface area (TPSA) is 58.6 Å². The van der Waals surface area contributed by atoms with Crippen molar-refractivity contribution in [3.05, 3.63) is 54.1 Å². The molecule has 1 fully saturated rings. The number of nitrogens with zero attached hydrogens (tertiary/aromatic N) is 1. The second-order valence-electron chi connectivity index (χ2n) is 5.90. The zero-order valence-corrected chi connectivity index (χ0v) is 15.8. The lowest BCUT2D eigenvalue weighted by molar-refractivity contribution is 0.431. The van der Waals surface area contributed by atoms with Gasteiger partial charge in [-0.3, -0.25) is 0 Å². The molecule has 7 heteroatoms. The van der Waals surface area contributed by atoms with Crippen molar-refractivity contribution in [3.8, 4) is 11.5 Å². The summed E-state index contributed by atoms with van der Waals surface area (Å²) in [6, 6.07) is 14.4. The van der Waals surface area contributed by atoms with E-state index in [0.29, 0.717) is 30.3 Å².